The summed E-state index contributed by atoms with van der Waals surface area (Å²) >= 11 is 0. The molecule has 0 saturated heterocycles. The Morgan fingerprint density at radius 1 is 0.667 bits per heavy atom. The van der Waals surface area contributed by atoms with Crippen LogP contribution in [0.3, 0.4) is 0 Å². The first-order valence-electron chi connectivity index (χ1n) is 14.3. The maximum absolute atomic E-state index is 13.2. The Bertz CT molecular complexity index is 2180. The lowest BCUT2D eigenvalue weighted by atomic mass is 9.88. The molecule has 2 aromatic rings. The van der Waals surface area contributed by atoms with E-state index in [0.717, 1.165) is 0 Å². The highest BCUT2D eigenvalue weighted by atomic mass is 16.5. The Hall–Kier alpha value is -7.11. The Balaban J connectivity index is 2.39. The number of terminal acetylenes is 1. The van der Waals surface area contributed by atoms with E-state index < -0.39 is 17.5 Å². The van der Waals surface area contributed by atoms with E-state index in [2.05, 4.69) is 106 Å². The highest BCUT2D eigenvalue weighted by molar-refractivity contribution is 5.95. The summed E-state index contributed by atoms with van der Waals surface area (Å²) in [7, 11) is 0. The van der Waals surface area contributed by atoms with E-state index in [0.29, 0.717) is 52.2 Å². The molecule has 0 spiro atoms. The minimum atomic E-state index is -1.08. The molecule has 1 N–H and O–H groups in total. The third kappa shape index (κ3) is 12.5. The number of hydrogen-bond donors (Lipinski definition) is 1. The number of rotatable bonds is 7. The molecule has 1 atom stereocenters. The fourth-order valence-corrected chi connectivity index (χ4v) is 4.09. The van der Waals surface area contributed by atoms with Crippen LogP contribution in [0, 0.1) is 128 Å². The first kappa shape index (κ1) is 37.1. The summed E-state index contributed by atoms with van der Waals surface area (Å²) in [5.74, 6) is 42.6. The summed E-state index contributed by atoms with van der Waals surface area (Å²) in [6.07, 6.45) is 5.58. The molecule has 48 heavy (non-hydrogen) atoms. The van der Waals surface area contributed by atoms with Crippen LogP contribution in [0.15, 0.2) is 30.3 Å². The van der Waals surface area contributed by atoms with Gasteiger partial charge in [-0.3, -0.25) is 14.4 Å². The molecule has 0 aliphatic rings. The molecule has 1 amide bonds. The maximum atomic E-state index is 13.2. The van der Waals surface area contributed by atoms with Crippen LogP contribution in [0.4, 0.5) is 0 Å². The van der Waals surface area contributed by atoms with Crippen molar-refractivity contribution < 1.29 is 23.9 Å². The van der Waals surface area contributed by atoms with Gasteiger partial charge in [0, 0.05) is 25.0 Å². The zero-order chi connectivity index (χ0) is 35.4. The van der Waals surface area contributed by atoms with Gasteiger partial charge in [-0.15, -0.1) is 6.42 Å². The fraction of sp³-hybridized carbons (Fsp3) is 0.214. The predicted octanol–water partition coefficient (Wildman–Crippen LogP) is 4.24. The van der Waals surface area contributed by atoms with Gasteiger partial charge in [-0.25, -0.2) is 0 Å². The molecule has 232 valence electrons. The molecule has 2 rings (SSSR count). The molecule has 0 heterocycles. The van der Waals surface area contributed by atoms with Crippen LogP contribution in [-0.4, -0.2) is 23.4 Å². The van der Waals surface area contributed by atoms with Gasteiger partial charge in [-0.1, -0.05) is 24.1 Å². The molecule has 0 aromatic heterocycles. The van der Waals surface area contributed by atoms with Crippen LogP contribution in [0.1, 0.15) is 59.8 Å². The number of hydrogen-bond acceptors (Lipinski definition) is 5. The minimum absolute atomic E-state index is 0.292. The van der Waals surface area contributed by atoms with Crippen molar-refractivity contribution >= 4 is 17.8 Å². The van der Waals surface area contributed by atoms with Gasteiger partial charge in [0.2, 0.25) is 0 Å². The number of amides is 1. The lowest BCUT2D eigenvalue weighted by molar-refractivity contribution is -0.133. The van der Waals surface area contributed by atoms with Crippen molar-refractivity contribution in [3.05, 3.63) is 58.1 Å². The highest BCUT2D eigenvalue weighted by Gasteiger charge is 2.28. The van der Waals surface area contributed by atoms with Crippen molar-refractivity contribution in [1.29, 1.82) is 0 Å². The molecule has 6 heteroatoms. The van der Waals surface area contributed by atoms with E-state index in [1.165, 1.54) is 13.8 Å². The maximum Gasteiger partial charge on any atom is 0.308 e. The van der Waals surface area contributed by atoms with Crippen LogP contribution >= 0.6 is 0 Å². The number of benzene rings is 2. The average Bonchev–Trinajstić information content (AvgIpc) is 3.05. The Morgan fingerprint density at radius 3 is 1.58 bits per heavy atom. The molecule has 0 saturated carbocycles. The smallest absolute Gasteiger partial charge is 0.308 e. The van der Waals surface area contributed by atoms with Crippen molar-refractivity contribution in [1.82, 2.24) is 5.32 Å². The molecule has 0 bridgehead atoms. The average molecular weight is 628 g/mol. The van der Waals surface area contributed by atoms with Gasteiger partial charge in [0.15, 0.2) is 0 Å². The number of carbonyl (C=O) groups excluding carboxylic acids is 3. The summed E-state index contributed by atoms with van der Waals surface area (Å²) in [6, 6.07) is 8.73. The predicted molar refractivity (Wildman–Crippen MR) is 185 cm³/mol. The van der Waals surface area contributed by atoms with Crippen LogP contribution in [0.25, 0.3) is 0 Å². The van der Waals surface area contributed by atoms with Gasteiger partial charge in [0.05, 0.1) is 5.54 Å². The summed E-state index contributed by atoms with van der Waals surface area (Å²) in [5, 5.41) is 3.00. The molecule has 0 radical (unpaired) electrons. The third-order valence-corrected chi connectivity index (χ3v) is 6.39. The van der Waals surface area contributed by atoms with Crippen LogP contribution in [0.2, 0.25) is 0 Å². The van der Waals surface area contributed by atoms with E-state index in [1.807, 2.05) is 6.07 Å². The molecule has 1 unspecified atom stereocenters. The van der Waals surface area contributed by atoms with Crippen molar-refractivity contribution in [3.63, 3.8) is 0 Å². The first-order valence-corrected chi connectivity index (χ1v) is 14.3. The van der Waals surface area contributed by atoms with Crippen molar-refractivity contribution in [2.45, 2.75) is 59.9 Å². The molecular weight excluding hydrogens is 598 g/mol. The molecule has 0 aliphatic heterocycles. The van der Waals surface area contributed by atoms with Gasteiger partial charge in [0.1, 0.15) is 11.5 Å². The zero-order valence-corrected chi connectivity index (χ0v) is 27.4. The normalized spacial score (nSPS) is 9.52. The van der Waals surface area contributed by atoms with Crippen molar-refractivity contribution in [3.8, 4) is 119 Å². The molecular formula is C42H29NO5. The quantitative estimate of drug-likeness (QED) is 0.282. The second-order valence-corrected chi connectivity index (χ2v) is 10.00. The van der Waals surface area contributed by atoms with E-state index >= 15 is 0 Å². The van der Waals surface area contributed by atoms with Gasteiger partial charge >= 0.3 is 11.9 Å². The number of nitrogens with one attached hydrogen (secondary N) is 1. The Morgan fingerprint density at radius 2 is 1.10 bits per heavy atom. The SMILES string of the molecule is C#CC#CC#CC#CC#CC#CC#CC#CC#CC(C)(CCc1c(C)c(OC(C)=O)c(C)c(C)c1OC(C)=O)NC(=O)c1ccccc1. The molecule has 6 nitrogen and oxygen atoms in total. The standard InChI is InChI=1S/C42H29NO5/c1-8-9-10-11-12-13-14-15-16-17-18-19-20-21-22-26-30-42(7,43-41(46)37-27-24-23-25-28-37)31-29-38-34(4)39(47-35(5)44)32(2)33(3)40(38)48-36(6)45/h1,23-25,27-28H,29,31H2,2-7H3,(H,43,46). The van der Waals surface area contributed by atoms with Crippen LogP contribution in [-0.2, 0) is 16.0 Å². The van der Waals surface area contributed by atoms with Crippen LogP contribution < -0.4 is 14.8 Å². The molecule has 0 fully saturated rings. The number of carbonyl (C=O) groups is 3. The topological polar surface area (TPSA) is 81.7 Å². The first-order chi connectivity index (χ1) is 23.0. The van der Waals surface area contributed by atoms with Gasteiger partial charge in [-0.05, 0) is 164 Å². The lowest BCUT2D eigenvalue weighted by Crippen LogP contribution is -2.45. The fourth-order valence-electron chi connectivity index (χ4n) is 4.09. The summed E-state index contributed by atoms with van der Waals surface area (Å²) in [5.41, 5.74) is 2.01. The zero-order valence-electron chi connectivity index (χ0n) is 27.4. The Labute approximate surface area is 283 Å². The summed E-state index contributed by atoms with van der Waals surface area (Å²) in [6.45, 7) is 9.78. The van der Waals surface area contributed by atoms with E-state index in [9.17, 15) is 14.4 Å². The minimum Gasteiger partial charge on any atom is -0.426 e. The number of ether oxygens (including phenoxy) is 2. The van der Waals surface area contributed by atoms with E-state index in [4.69, 9.17) is 15.9 Å². The number of esters is 2. The van der Waals surface area contributed by atoms with Gasteiger partial charge in [0.25, 0.3) is 5.91 Å². The monoisotopic (exact) mass is 627 g/mol. The van der Waals surface area contributed by atoms with Crippen LogP contribution in [0.5, 0.6) is 11.5 Å². The molecule has 2 aromatic carbocycles. The Kier molecular flexibility index (Phi) is 14.9. The largest absolute Gasteiger partial charge is 0.426 e. The highest BCUT2D eigenvalue weighted by Crippen LogP contribution is 2.39. The lowest BCUT2D eigenvalue weighted by Gasteiger charge is -2.27. The third-order valence-electron chi connectivity index (χ3n) is 6.39. The van der Waals surface area contributed by atoms with Gasteiger partial charge < -0.3 is 14.8 Å². The second kappa shape index (κ2) is 19.3. The summed E-state index contributed by atoms with van der Waals surface area (Å²) < 4.78 is 11.2. The van der Waals surface area contributed by atoms with E-state index in [1.54, 1.807) is 52.0 Å². The van der Waals surface area contributed by atoms with E-state index in [-0.39, 0.29) is 5.91 Å². The molecule has 0 aliphatic carbocycles. The summed E-state index contributed by atoms with van der Waals surface area (Å²) in [4.78, 5) is 37.1. The van der Waals surface area contributed by atoms with Crippen molar-refractivity contribution in [2.24, 2.45) is 0 Å². The van der Waals surface area contributed by atoms with Crippen molar-refractivity contribution in [2.75, 3.05) is 0 Å². The van der Waals surface area contributed by atoms with Gasteiger partial charge in [-0.2, -0.15) is 0 Å². The second-order valence-electron chi connectivity index (χ2n) is 10.00.